The molecule has 2 aromatic carbocycles. The van der Waals surface area contributed by atoms with E-state index in [2.05, 4.69) is 0 Å². The molecule has 3 rings (SSSR count). The van der Waals surface area contributed by atoms with Gasteiger partial charge in [-0.3, -0.25) is 4.79 Å². The lowest BCUT2D eigenvalue weighted by Gasteiger charge is -2.23. The number of hydrogen-bond acceptors (Lipinski definition) is 6. The van der Waals surface area contributed by atoms with Gasteiger partial charge >= 0.3 is 5.97 Å². The lowest BCUT2D eigenvalue weighted by molar-refractivity contribution is 0.0319. The van der Waals surface area contributed by atoms with Crippen molar-refractivity contribution >= 4 is 27.5 Å². The molecule has 0 bridgehead atoms. The first-order valence-corrected chi connectivity index (χ1v) is 11.7. The van der Waals surface area contributed by atoms with Crippen LogP contribution in [0.2, 0.25) is 0 Å². The number of ketones is 1. The van der Waals surface area contributed by atoms with Crippen molar-refractivity contribution in [3.8, 4) is 0 Å². The van der Waals surface area contributed by atoms with Crippen LogP contribution in [0.4, 0.5) is 5.69 Å². The molecule has 1 fully saturated rings. The number of aryl methyl sites for hydroxylation is 1. The molecule has 1 atom stereocenters. The van der Waals surface area contributed by atoms with Crippen LogP contribution < -0.4 is 4.90 Å². The predicted octanol–water partition coefficient (Wildman–Crippen LogP) is 3.27. The van der Waals surface area contributed by atoms with Gasteiger partial charge in [0, 0.05) is 32.7 Å². The highest BCUT2D eigenvalue weighted by Crippen LogP contribution is 2.29. The van der Waals surface area contributed by atoms with Crippen molar-refractivity contribution in [2.75, 3.05) is 32.1 Å². The zero-order valence-corrected chi connectivity index (χ0v) is 19.1. The molecule has 1 heterocycles. The van der Waals surface area contributed by atoms with Crippen LogP contribution in [0.5, 0.6) is 0 Å². The quantitative estimate of drug-likeness (QED) is 0.481. The highest BCUT2D eigenvalue weighted by atomic mass is 32.2. The molecule has 1 aliphatic rings. The molecule has 0 spiro atoms. The van der Waals surface area contributed by atoms with E-state index in [1.165, 1.54) is 33.2 Å². The van der Waals surface area contributed by atoms with Crippen LogP contribution >= 0.6 is 0 Å². The molecular formula is C23H28N2O5S. The Morgan fingerprint density at radius 3 is 2.23 bits per heavy atom. The molecular weight excluding hydrogens is 416 g/mol. The van der Waals surface area contributed by atoms with Gasteiger partial charge < -0.3 is 9.64 Å². The molecule has 0 aromatic heterocycles. The Kier molecular flexibility index (Phi) is 6.81. The minimum Gasteiger partial charge on any atom is -0.451 e. The number of anilines is 1. The van der Waals surface area contributed by atoms with Gasteiger partial charge in [0.25, 0.3) is 0 Å². The zero-order chi connectivity index (χ0) is 22.8. The third kappa shape index (κ3) is 4.97. The monoisotopic (exact) mass is 444 g/mol. The Morgan fingerprint density at radius 2 is 1.65 bits per heavy atom. The van der Waals surface area contributed by atoms with E-state index in [1.54, 1.807) is 18.2 Å². The topological polar surface area (TPSA) is 84.0 Å². The SMILES string of the molecule is Cc1ccc(C(=O)C(C)OC(=O)c2cc(S(=O)(=O)N(C)C)ccc2N2CCCC2)cc1. The van der Waals surface area contributed by atoms with Crippen LogP contribution in [-0.4, -0.2) is 57.8 Å². The number of esters is 1. The van der Waals surface area contributed by atoms with E-state index in [4.69, 9.17) is 4.74 Å². The number of Topliss-reactive ketones (excluding diaryl/α,β-unsaturated/α-hetero) is 1. The van der Waals surface area contributed by atoms with Gasteiger partial charge in [-0.1, -0.05) is 29.8 Å². The molecule has 1 unspecified atom stereocenters. The summed E-state index contributed by atoms with van der Waals surface area (Å²) >= 11 is 0. The number of carbonyl (C=O) groups excluding carboxylic acids is 2. The second kappa shape index (κ2) is 9.20. The third-order valence-electron chi connectivity index (χ3n) is 5.40. The lowest BCUT2D eigenvalue weighted by Crippen LogP contribution is -2.27. The van der Waals surface area contributed by atoms with Crippen molar-refractivity contribution < 1.29 is 22.7 Å². The van der Waals surface area contributed by atoms with Crippen molar-refractivity contribution in [3.05, 3.63) is 59.2 Å². The van der Waals surface area contributed by atoms with Gasteiger partial charge in [0.1, 0.15) is 0 Å². The minimum absolute atomic E-state index is 0.00455. The van der Waals surface area contributed by atoms with Gasteiger partial charge in [-0.2, -0.15) is 0 Å². The van der Waals surface area contributed by atoms with Crippen LogP contribution in [0.15, 0.2) is 47.4 Å². The van der Waals surface area contributed by atoms with E-state index in [0.717, 1.165) is 35.8 Å². The Labute approximate surface area is 183 Å². The fourth-order valence-electron chi connectivity index (χ4n) is 3.51. The summed E-state index contributed by atoms with van der Waals surface area (Å²) in [7, 11) is -0.856. The van der Waals surface area contributed by atoms with Gasteiger partial charge in [-0.25, -0.2) is 17.5 Å². The number of hydrogen-bond donors (Lipinski definition) is 0. The van der Waals surface area contributed by atoms with Gasteiger partial charge in [0.15, 0.2) is 6.10 Å². The standard InChI is InChI=1S/C23H28N2O5S/c1-16-7-9-18(10-8-16)22(26)17(2)30-23(27)20-15-19(31(28,29)24(3)4)11-12-21(20)25-13-5-6-14-25/h7-12,15,17H,5-6,13-14H2,1-4H3. The summed E-state index contributed by atoms with van der Waals surface area (Å²) in [5.74, 6) is -1.03. The first kappa shape index (κ1) is 23.0. The van der Waals surface area contributed by atoms with Gasteiger partial charge in [-0.15, -0.1) is 0 Å². The van der Waals surface area contributed by atoms with E-state index in [1.807, 2.05) is 24.0 Å². The average Bonchev–Trinajstić information content (AvgIpc) is 3.27. The van der Waals surface area contributed by atoms with E-state index < -0.39 is 22.1 Å². The fourth-order valence-corrected chi connectivity index (χ4v) is 4.44. The summed E-state index contributed by atoms with van der Waals surface area (Å²) < 4.78 is 31.8. The molecule has 7 nitrogen and oxygen atoms in total. The van der Waals surface area contributed by atoms with Crippen LogP contribution in [-0.2, 0) is 14.8 Å². The van der Waals surface area contributed by atoms with Crippen molar-refractivity contribution in [3.63, 3.8) is 0 Å². The molecule has 31 heavy (non-hydrogen) atoms. The molecule has 0 saturated carbocycles. The molecule has 2 aromatic rings. The number of sulfonamides is 1. The lowest BCUT2D eigenvalue weighted by atomic mass is 10.1. The average molecular weight is 445 g/mol. The van der Waals surface area contributed by atoms with Crippen molar-refractivity contribution in [1.82, 2.24) is 4.31 Å². The number of carbonyl (C=O) groups is 2. The summed E-state index contributed by atoms with van der Waals surface area (Å²) in [4.78, 5) is 27.8. The maximum atomic E-state index is 13.1. The summed E-state index contributed by atoms with van der Waals surface area (Å²) in [5.41, 5.74) is 2.24. The van der Waals surface area contributed by atoms with Crippen molar-refractivity contribution in [2.24, 2.45) is 0 Å². The largest absolute Gasteiger partial charge is 0.451 e. The molecule has 0 N–H and O–H groups in total. The van der Waals surface area contributed by atoms with E-state index in [-0.39, 0.29) is 16.2 Å². The summed E-state index contributed by atoms with van der Waals surface area (Å²) in [6, 6.07) is 11.5. The number of rotatable bonds is 7. The predicted molar refractivity (Wildman–Crippen MR) is 119 cm³/mol. The molecule has 0 aliphatic carbocycles. The highest BCUT2D eigenvalue weighted by molar-refractivity contribution is 7.89. The summed E-state index contributed by atoms with van der Waals surface area (Å²) in [5, 5.41) is 0. The van der Waals surface area contributed by atoms with Crippen LogP contribution in [0.1, 0.15) is 46.0 Å². The normalized spacial score (nSPS) is 15.2. The maximum Gasteiger partial charge on any atom is 0.341 e. The molecule has 1 aliphatic heterocycles. The number of nitrogens with zero attached hydrogens (tertiary/aromatic N) is 2. The summed E-state index contributed by atoms with van der Waals surface area (Å²) in [6.07, 6.45) is 0.985. The van der Waals surface area contributed by atoms with Crippen LogP contribution in [0.3, 0.4) is 0 Å². The van der Waals surface area contributed by atoms with Crippen molar-refractivity contribution in [1.29, 1.82) is 0 Å². The Morgan fingerprint density at radius 1 is 1.03 bits per heavy atom. The van der Waals surface area contributed by atoms with Gasteiger partial charge in [0.05, 0.1) is 16.1 Å². The fraction of sp³-hybridized carbons (Fsp3) is 0.391. The molecule has 0 radical (unpaired) electrons. The molecule has 0 amide bonds. The molecule has 166 valence electrons. The number of ether oxygens (including phenoxy) is 1. The van der Waals surface area contributed by atoms with Gasteiger partial charge in [-0.05, 0) is 44.9 Å². The zero-order valence-electron chi connectivity index (χ0n) is 18.3. The second-order valence-electron chi connectivity index (χ2n) is 7.94. The van der Waals surface area contributed by atoms with Crippen molar-refractivity contribution in [2.45, 2.75) is 37.7 Å². The highest BCUT2D eigenvalue weighted by Gasteiger charge is 2.27. The smallest absolute Gasteiger partial charge is 0.341 e. The molecule has 8 heteroatoms. The van der Waals surface area contributed by atoms with E-state index >= 15 is 0 Å². The minimum atomic E-state index is -3.72. The Bertz CT molecular complexity index is 1070. The third-order valence-corrected chi connectivity index (χ3v) is 7.21. The van der Waals surface area contributed by atoms with E-state index in [0.29, 0.717) is 11.3 Å². The number of benzene rings is 2. The second-order valence-corrected chi connectivity index (χ2v) is 10.1. The Balaban J connectivity index is 1.91. The molecule has 1 saturated heterocycles. The Hall–Kier alpha value is -2.71. The van der Waals surface area contributed by atoms with Crippen LogP contribution in [0.25, 0.3) is 0 Å². The first-order chi connectivity index (χ1) is 14.6. The first-order valence-electron chi connectivity index (χ1n) is 10.2. The maximum absolute atomic E-state index is 13.1. The van der Waals surface area contributed by atoms with Crippen LogP contribution in [0, 0.1) is 6.92 Å². The van der Waals surface area contributed by atoms with E-state index in [9.17, 15) is 18.0 Å². The summed E-state index contributed by atoms with van der Waals surface area (Å²) in [6.45, 7) is 5.00. The van der Waals surface area contributed by atoms with Gasteiger partial charge in [0.2, 0.25) is 15.8 Å².